The fourth-order valence-corrected chi connectivity index (χ4v) is 1.94. The van der Waals surface area contributed by atoms with E-state index >= 15 is 0 Å². The second-order valence-corrected chi connectivity index (χ2v) is 4.60. The van der Waals surface area contributed by atoms with Crippen LogP contribution >= 0.6 is 11.6 Å². The fourth-order valence-electron chi connectivity index (χ4n) is 1.81. The fraction of sp³-hybridized carbons (Fsp3) is 0.0667. The molecule has 0 radical (unpaired) electrons. The highest BCUT2D eigenvalue weighted by Crippen LogP contribution is 2.25. The van der Waals surface area contributed by atoms with E-state index in [-0.39, 0.29) is 0 Å². The third-order valence-corrected chi connectivity index (χ3v) is 3.10. The lowest BCUT2D eigenvalue weighted by molar-refractivity contribution is 0.413. The summed E-state index contributed by atoms with van der Waals surface area (Å²) in [6.07, 6.45) is 0. The molecule has 1 aromatic heterocycles. The predicted molar refractivity (Wildman–Crippen MR) is 76.7 cm³/mol. The van der Waals surface area contributed by atoms with E-state index in [0.717, 1.165) is 16.9 Å². The smallest absolute Gasteiger partial charge is 0.258 e. The molecule has 4 nitrogen and oxygen atoms in total. The molecule has 0 unspecified atom stereocenters. The summed E-state index contributed by atoms with van der Waals surface area (Å²) in [6.45, 7) is 0. The quantitative estimate of drug-likeness (QED) is 0.728. The zero-order valence-corrected chi connectivity index (χ0v) is 11.5. The summed E-state index contributed by atoms with van der Waals surface area (Å²) in [6, 6.07) is 14.8. The molecule has 3 aromatic rings. The van der Waals surface area contributed by atoms with E-state index in [1.54, 1.807) is 19.2 Å². The van der Waals surface area contributed by atoms with Crippen LogP contribution in [-0.4, -0.2) is 17.3 Å². The maximum absolute atomic E-state index is 5.86. The highest BCUT2D eigenvalue weighted by Gasteiger charge is 2.11. The Morgan fingerprint density at radius 2 is 1.85 bits per heavy atom. The van der Waals surface area contributed by atoms with Gasteiger partial charge in [0.15, 0.2) is 0 Å². The topological polar surface area (TPSA) is 48.2 Å². The van der Waals surface area contributed by atoms with Crippen LogP contribution in [0.25, 0.3) is 22.8 Å². The number of ether oxygens (including phenoxy) is 1. The molecule has 0 N–H and O–H groups in total. The maximum Gasteiger partial charge on any atom is 0.258 e. The van der Waals surface area contributed by atoms with Gasteiger partial charge in [0, 0.05) is 16.1 Å². The van der Waals surface area contributed by atoms with Gasteiger partial charge in [-0.1, -0.05) is 22.8 Å². The van der Waals surface area contributed by atoms with Crippen LogP contribution in [0.2, 0.25) is 5.02 Å². The second-order valence-electron chi connectivity index (χ2n) is 4.16. The zero-order valence-electron chi connectivity index (χ0n) is 10.7. The molecule has 0 bridgehead atoms. The average Bonchev–Trinajstić information content (AvgIpc) is 2.98. The summed E-state index contributed by atoms with van der Waals surface area (Å²) < 4.78 is 10.5. The van der Waals surface area contributed by atoms with Gasteiger partial charge in [-0.15, -0.1) is 0 Å². The van der Waals surface area contributed by atoms with Crippen molar-refractivity contribution in [2.24, 2.45) is 0 Å². The normalized spacial score (nSPS) is 10.5. The lowest BCUT2D eigenvalue weighted by Gasteiger charge is -1.99. The number of rotatable bonds is 3. The second kappa shape index (κ2) is 5.35. The van der Waals surface area contributed by atoms with Crippen LogP contribution in [0, 0.1) is 0 Å². The molecule has 0 aliphatic heterocycles. The molecule has 3 rings (SSSR count). The van der Waals surface area contributed by atoms with Crippen LogP contribution in [-0.2, 0) is 0 Å². The first kappa shape index (κ1) is 12.7. The maximum atomic E-state index is 5.86. The van der Waals surface area contributed by atoms with Crippen molar-refractivity contribution in [3.63, 3.8) is 0 Å². The molecule has 100 valence electrons. The van der Waals surface area contributed by atoms with Crippen LogP contribution in [0.1, 0.15) is 0 Å². The van der Waals surface area contributed by atoms with Crippen LogP contribution in [0.4, 0.5) is 0 Å². The third kappa shape index (κ3) is 2.51. The average molecular weight is 287 g/mol. The standard InChI is InChI=1S/C15H11ClN2O2/c1-19-13-4-2-3-11(9-13)15-17-14(18-20-15)10-5-7-12(16)8-6-10/h2-9H,1H3. The molecular weight excluding hydrogens is 276 g/mol. The van der Waals surface area contributed by atoms with Crippen molar-refractivity contribution in [1.82, 2.24) is 10.1 Å². The van der Waals surface area contributed by atoms with E-state index in [4.69, 9.17) is 20.9 Å². The molecule has 0 aliphatic rings. The van der Waals surface area contributed by atoms with Crippen molar-refractivity contribution in [3.05, 3.63) is 53.6 Å². The van der Waals surface area contributed by atoms with Gasteiger partial charge in [-0.05, 0) is 42.5 Å². The van der Waals surface area contributed by atoms with E-state index in [1.807, 2.05) is 36.4 Å². The molecule has 20 heavy (non-hydrogen) atoms. The third-order valence-electron chi connectivity index (χ3n) is 2.85. The van der Waals surface area contributed by atoms with E-state index < -0.39 is 0 Å². The van der Waals surface area contributed by atoms with Gasteiger partial charge in [-0.25, -0.2) is 0 Å². The first-order valence-corrected chi connectivity index (χ1v) is 6.38. The van der Waals surface area contributed by atoms with Crippen molar-refractivity contribution >= 4 is 11.6 Å². The molecule has 0 aliphatic carbocycles. The highest BCUT2D eigenvalue weighted by atomic mass is 35.5. The summed E-state index contributed by atoms with van der Waals surface area (Å²) in [7, 11) is 1.62. The molecule has 0 fully saturated rings. The number of methoxy groups -OCH3 is 1. The molecule has 1 heterocycles. The molecule has 2 aromatic carbocycles. The minimum Gasteiger partial charge on any atom is -0.497 e. The van der Waals surface area contributed by atoms with Crippen LogP contribution in [0.15, 0.2) is 53.1 Å². The Morgan fingerprint density at radius 3 is 2.60 bits per heavy atom. The molecule has 0 atom stereocenters. The number of hydrogen-bond donors (Lipinski definition) is 0. The van der Waals surface area contributed by atoms with Crippen molar-refractivity contribution < 1.29 is 9.26 Å². The Balaban J connectivity index is 1.95. The molecule has 0 spiro atoms. The molecule has 0 saturated heterocycles. The SMILES string of the molecule is COc1cccc(-c2nc(-c3ccc(Cl)cc3)no2)c1. The van der Waals surface area contributed by atoms with Gasteiger partial charge in [0.25, 0.3) is 5.89 Å². The number of benzene rings is 2. The summed E-state index contributed by atoms with van der Waals surface area (Å²) in [4.78, 5) is 4.38. The van der Waals surface area contributed by atoms with E-state index in [9.17, 15) is 0 Å². The lowest BCUT2D eigenvalue weighted by Crippen LogP contribution is -1.84. The van der Waals surface area contributed by atoms with Crippen molar-refractivity contribution in [1.29, 1.82) is 0 Å². The largest absolute Gasteiger partial charge is 0.497 e. The van der Waals surface area contributed by atoms with Crippen molar-refractivity contribution in [2.45, 2.75) is 0 Å². The zero-order chi connectivity index (χ0) is 13.9. The van der Waals surface area contributed by atoms with E-state index in [0.29, 0.717) is 16.7 Å². The lowest BCUT2D eigenvalue weighted by atomic mass is 10.2. The van der Waals surface area contributed by atoms with Gasteiger partial charge in [-0.3, -0.25) is 0 Å². The van der Waals surface area contributed by atoms with Crippen LogP contribution in [0.3, 0.4) is 0 Å². The van der Waals surface area contributed by atoms with Gasteiger partial charge in [0.2, 0.25) is 5.82 Å². The van der Waals surface area contributed by atoms with Crippen molar-refractivity contribution in [3.8, 4) is 28.6 Å². The number of halogens is 1. The van der Waals surface area contributed by atoms with Crippen LogP contribution < -0.4 is 4.74 Å². The first-order chi connectivity index (χ1) is 9.76. The highest BCUT2D eigenvalue weighted by molar-refractivity contribution is 6.30. The number of nitrogens with zero attached hydrogens (tertiary/aromatic N) is 2. The molecule has 5 heteroatoms. The van der Waals surface area contributed by atoms with Gasteiger partial charge in [-0.2, -0.15) is 4.98 Å². The summed E-state index contributed by atoms with van der Waals surface area (Å²) in [5.41, 5.74) is 1.67. The number of aromatic nitrogens is 2. The van der Waals surface area contributed by atoms with Gasteiger partial charge < -0.3 is 9.26 Å². The minimum absolute atomic E-state index is 0.453. The van der Waals surface area contributed by atoms with E-state index in [2.05, 4.69) is 10.1 Å². The molecular formula is C15H11ClN2O2. The van der Waals surface area contributed by atoms with Gasteiger partial charge in [0.05, 0.1) is 7.11 Å². The summed E-state index contributed by atoms with van der Waals surface area (Å²) >= 11 is 5.86. The van der Waals surface area contributed by atoms with Crippen LogP contribution in [0.5, 0.6) is 5.75 Å². The predicted octanol–water partition coefficient (Wildman–Crippen LogP) is 4.07. The summed E-state index contributed by atoms with van der Waals surface area (Å²) in [5.74, 6) is 1.72. The number of hydrogen-bond acceptors (Lipinski definition) is 4. The van der Waals surface area contributed by atoms with Crippen molar-refractivity contribution in [2.75, 3.05) is 7.11 Å². The van der Waals surface area contributed by atoms with Gasteiger partial charge in [0.1, 0.15) is 5.75 Å². The molecule has 0 saturated carbocycles. The monoisotopic (exact) mass is 286 g/mol. The van der Waals surface area contributed by atoms with E-state index in [1.165, 1.54) is 0 Å². The Hall–Kier alpha value is -2.33. The Kier molecular flexibility index (Phi) is 3.39. The Bertz CT molecular complexity index is 723. The first-order valence-electron chi connectivity index (χ1n) is 6.00. The summed E-state index contributed by atoms with van der Waals surface area (Å²) in [5, 5.41) is 4.65. The minimum atomic E-state index is 0.453. The Morgan fingerprint density at radius 1 is 1.05 bits per heavy atom. The molecule has 0 amide bonds. The van der Waals surface area contributed by atoms with Gasteiger partial charge >= 0.3 is 0 Å². The Labute approximate surface area is 121 Å².